The predicted octanol–water partition coefficient (Wildman–Crippen LogP) is 3.22. The van der Waals surface area contributed by atoms with E-state index in [2.05, 4.69) is 11.4 Å². The zero-order valence-corrected chi connectivity index (χ0v) is 10.1. The van der Waals surface area contributed by atoms with Gasteiger partial charge in [-0.25, -0.2) is 0 Å². The van der Waals surface area contributed by atoms with Crippen LogP contribution in [0.25, 0.3) is 0 Å². The summed E-state index contributed by atoms with van der Waals surface area (Å²) in [5, 5.41) is 4.01. The fraction of sp³-hybridized carbons (Fsp3) is 0.583. The Morgan fingerprint density at radius 2 is 2.13 bits per heavy atom. The Balaban J connectivity index is 2.09. The maximum Gasteiger partial charge on any atom is 0.227 e. The topological polar surface area (TPSA) is 29.1 Å². The van der Waals surface area contributed by atoms with Crippen LogP contribution in [0.5, 0.6) is 0 Å². The lowest BCUT2D eigenvalue weighted by Gasteiger charge is -2.08. The largest absolute Gasteiger partial charge is 0.317 e. The molecular formula is C12H17NOS. The third-order valence-electron chi connectivity index (χ3n) is 2.77. The number of carbonyl (C=O) groups is 1. The molecule has 0 unspecified atom stereocenters. The number of aryl methyl sites for hydroxylation is 2. The number of thiophene rings is 1. The molecule has 2 nitrogen and oxygen atoms in total. The van der Waals surface area contributed by atoms with Gasteiger partial charge in [-0.2, -0.15) is 0 Å². The fourth-order valence-electron chi connectivity index (χ4n) is 1.82. The number of hydrogen-bond acceptors (Lipinski definition) is 2. The van der Waals surface area contributed by atoms with Gasteiger partial charge in [0.15, 0.2) is 0 Å². The molecule has 1 aliphatic rings. The Morgan fingerprint density at radius 1 is 1.40 bits per heavy atom. The number of nitrogens with one attached hydrogen (secondary N) is 1. The van der Waals surface area contributed by atoms with Gasteiger partial charge in [0.2, 0.25) is 5.91 Å². The van der Waals surface area contributed by atoms with E-state index in [0.717, 1.165) is 5.00 Å². The van der Waals surface area contributed by atoms with Crippen LogP contribution >= 0.6 is 11.3 Å². The standard InChI is InChI=1S/C12H17NOS/c1-8(2)12(14)13-11-7-9-5-3-4-6-10(9)15-11/h7-8H,3-6H2,1-2H3,(H,13,14). The SMILES string of the molecule is CC(C)C(=O)Nc1cc2c(s1)CCCC2. The molecule has 1 aliphatic carbocycles. The van der Waals surface area contributed by atoms with Crippen LogP contribution in [0.2, 0.25) is 0 Å². The lowest BCUT2D eigenvalue weighted by molar-refractivity contribution is -0.118. The summed E-state index contributed by atoms with van der Waals surface area (Å²) in [5.74, 6) is 0.178. The average Bonchev–Trinajstić information content (AvgIpc) is 2.59. The van der Waals surface area contributed by atoms with Crippen molar-refractivity contribution in [1.82, 2.24) is 0 Å². The van der Waals surface area contributed by atoms with E-state index in [1.165, 1.54) is 36.1 Å². The smallest absolute Gasteiger partial charge is 0.227 e. The molecular weight excluding hydrogens is 206 g/mol. The molecule has 0 aliphatic heterocycles. The molecule has 0 fully saturated rings. The zero-order valence-electron chi connectivity index (χ0n) is 9.30. The molecule has 0 bridgehead atoms. The number of hydrogen-bond donors (Lipinski definition) is 1. The van der Waals surface area contributed by atoms with Crippen LogP contribution in [0.4, 0.5) is 5.00 Å². The molecule has 1 amide bonds. The van der Waals surface area contributed by atoms with Crippen LogP contribution in [-0.4, -0.2) is 5.91 Å². The van der Waals surface area contributed by atoms with Gasteiger partial charge in [0.25, 0.3) is 0 Å². The minimum Gasteiger partial charge on any atom is -0.317 e. The molecule has 0 saturated carbocycles. The van der Waals surface area contributed by atoms with Gasteiger partial charge in [-0.05, 0) is 37.3 Å². The van der Waals surface area contributed by atoms with Crippen molar-refractivity contribution in [3.05, 3.63) is 16.5 Å². The maximum atomic E-state index is 11.5. The molecule has 0 atom stereocenters. The van der Waals surface area contributed by atoms with E-state index in [0.29, 0.717) is 0 Å². The number of carbonyl (C=O) groups excluding carboxylic acids is 1. The quantitative estimate of drug-likeness (QED) is 0.819. The highest BCUT2D eigenvalue weighted by Gasteiger charge is 2.15. The van der Waals surface area contributed by atoms with Gasteiger partial charge in [-0.1, -0.05) is 13.8 Å². The van der Waals surface area contributed by atoms with Crippen LogP contribution < -0.4 is 5.32 Å². The second kappa shape index (κ2) is 4.35. The fourth-order valence-corrected chi connectivity index (χ4v) is 2.97. The summed E-state index contributed by atoms with van der Waals surface area (Å²) in [7, 11) is 0. The molecule has 0 spiro atoms. The van der Waals surface area contributed by atoms with E-state index in [9.17, 15) is 4.79 Å². The number of rotatable bonds is 2. The molecule has 0 saturated heterocycles. The van der Waals surface area contributed by atoms with Crippen molar-refractivity contribution in [2.45, 2.75) is 39.5 Å². The van der Waals surface area contributed by atoms with Crippen molar-refractivity contribution in [2.75, 3.05) is 5.32 Å². The van der Waals surface area contributed by atoms with Crippen LogP contribution in [-0.2, 0) is 17.6 Å². The van der Waals surface area contributed by atoms with Crippen molar-refractivity contribution in [1.29, 1.82) is 0 Å². The summed E-state index contributed by atoms with van der Waals surface area (Å²) >= 11 is 1.75. The van der Waals surface area contributed by atoms with Crippen LogP contribution in [0, 0.1) is 5.92 Å². The first-order chi connectivity index (χ1) is 7.16. The van der Waals surface area contributed by atoms with Crippen LogP contribution in [0.3, 0.4) is 0 Å². The van der Waals surface area contributed by atoms with Gasteiger partial charge in [-0.15, -0.1) is 11.3 Å². The molecule has 15 heavy (non-hydrogen) atoms. The summed E-state index contributed by atoms with van der Waals surface area (Å²) in [6.07, 6.45) is 4.97. The summed E-state index contributed by atoms with van der Waals surface area (Å²) in [4.78, 5) is 13.0. The van der Waals surface area contributed by atoms with Gasteiger partial charge < -0.3 is 5.32 Å². The van der Waals surface area contributed by atoms with E-state index < -0.39 is 0 Å². The third-order valence-corrected chi connectivity index (χ3v) is 3.92. The Bertz CT molecular complexity index is 344. The normalized spacial score (nSPS) is 15.1. The molecule has 82 valence electrons. The van der Waals surface area contributed by atoms with E-state index >= 15 is 0 Å². The van der Waals surface area contributed by atoms with E-state index in [1.807, 2.05) is 13.8 Å². The number of fused-ring (bicyclic) bond motifs is 1. The predicted molar refractivity (Wildman–Crippen MR) is 64.4 cm³/mol. The van der Waals surface area contributed by atoms with Crippen molar-refractivity contribution in [2.24, 2.45) is 5.92 Å². The van der Waals surface area contributed by atoms with Gasteiger partial charge in [-0.3, -0.25) is 4.79 Å². The molecule has 0 radical (unpaired) electrons. The molecule has 2 rings (SSSR count). The molecule has 1 aromatic heterocycles. The molecule has 0 aromatic carbocycles. The lowest BCUT2D eigenvalue weighted by Crippen LogP contribution is -2.16. The first-order valence-corrected chi connectivity index (χ1v) is 6.41. The monoisotopic (exact) mass is 223 g/mol. The van der Waals surface area contributed by atoms with Crippen molar-refractivity contribution in [3.8, 4) is 0 Å². The van der Waals surface area contributed by atoms with Gasteiger partial charge in [0.1, 0.15) is 0 Å². The highest BCUT2D eigenvalue weighted by atomic mass is 32.1. The van der Waals surface area contributed by atoms with Crippen molar-refractivity contribution < 1.29 is 4.79 Å². The summed E-state index contributed by atoms with van der Waals surface area (Å²) in [6, 6.07) is 2.15. The Kier molecular flexibility index (Phi) is 3.10. The molecule has 1 aromatic rings. The minimum atomic E-state index is 0.0594. The Labute approximate surface area is 94.7 Å². The molecule has 1 heterocycles. The Hall–Kier alpha value is -0.830. The highest BCUT2D eigenvalue weighted by Crippen LogP contribution is 2.32. The Morgan fingerprint density at radius 3 is 2.80 bits per heavy atom. The maximum absolute atomic E-state index is 11.5. The van der Waals surface area contributed by atoms with Crippen LogP contribution in [0.15, 0.2) is 6.07 Å². The van der Waals surface area contributed by atoms with Crippen LogP contribution in [0.1, 0.15) is 37.1 Å². The van der Waals surface area contributed by atoms with Crippen molar-refractivity contribution >= 4 is 22.2 Å². The second-order valence-electron chi connectivity index (χ2n) is 4.41. The minimum absolute atomic E-state index is 0.0594. The number of amides is 1. The third kappa shape index (κ3) is 2.40. The average molecular weight is 223 g/mol. The first-order valence-electron chi connectivity index (χ1n) is 5.59. The second-order valence-corrected chi connectivity index (χ2v) is 5.55. The lowest BCUT2D eigenvalue weighted by atomic mass is 10.00. The van der Waals surface area contributed by atoms with Crippen molar-refractivity contribution in [3.63, 3.8) is 0 Å². The van der Waals surface area contributed by atoms with E-state index in [4.69, 9.17) is 0 Å². The summed E-state index contributed by atoms with van der Waals surface area (Å²) < 4.78 is 0. The van der Waals surface area contributed by atoms with E-state index in [1.54, 1.807) is 11.3 Å². The van der Waals surface area contributed by atoms with Gasteiger partial charge in [0, 0.05) is 10.8 Å². The molecule has 3 heteroatoms. The summed E-state index contributed by atoms with van der Waals surface area (Å²) in [6.45, 7) is 3.84. The summed E-state index contributed by atoms with van der Waals surface area (Å²) in [5.41, 5.74) is 1.45. The van der Waals surface area contributed by atoms with Gasteiger partial charge >= 0.3 is 0 Å². The number of anilines is 1. The van der Waals surface area contributed by atoms with Gasteiger partial charge in [0.05, 0.1) is 5.00 Å². The zero-order chi connectivity index (χ0) is 10.8. The molecule has 1 N–H and O–H groups in total. The van der Waals surface area contributed by atoms with E-state index in [-0.39, 0.29) is 11.8 Å². The first kappa shape index (κ1) is 10.7. The highest BCUT2D eigenvalue weighted by molar-refractivity contribution is 7.16.